The second-order valence-electron chi connectivity index (χ2n) is 5.63. The molecule has 0 saturated heterocycles. The minimum atomic E-state index is -0.126. The van der Waals surface area contributed by atoms with Gasteiger partial charge in [-0.2, -0.15) is 4.98 Å². The third kappa shape index (κ3) is 5.27. The minimum Gasteiger partial charge on any atom is -0.481 e. The topological polar surface area (TPSA) is 76.5 Å². The van der Waals surface area contributed by atoms with Gasteiger partial charge in [0, 0.05) is 18.3 Å². The number of ether oxygens (including phenoxy) is 2. The van der Waals surface area contributed by atoms with Gasteiger partial charge in [0.25, 0.3) is 0 Å². The van der Waals surface area contributed by atoms with Gasteiger partial charge < -0.3 is 19.9 Å². The highest BCUT2D eigenvalue weighted by Gasteiger charge is 2.21. The Hall–Kier alpha value is -2.44. The molecule has 6 heteroatoms. The average molecular weight is 343 g/mol. The Morgan fingerprint density at radius 3 is 2.60 bits per heavy atom. The van der Waals surface area contributed by atoms with Gasteiger partial charge in [-0.05, 0) is 18.4 Å². The van der Waals surface area contributed by atoms with Gasteiger partial charge in [0.15, 0.2) is 0 Å². The summed E-state index contributed by atoms with van der Waals surface area (Å²) in [6, 6.07) is 10.1. The van der Waals surface area contributed by atoms with Gasteiger partial charge in [0.2, 0.25) is 5.88 Å². The summed E-state index contributed by atoms with van der Waals surface area (Å²) in [6.07, 6.45) is 4.86. The number of benzene rings is 1. The summed E-state index contributed by atoms with van der Waals surface area (Å²) < 4.78 is 10.4. The third-order valence-electron chi connectivity index (χ3n) is 3.89. The maximum absolute atomic E-state index is 9.79. The highest BCUT2D eigenvalue weighted by Crippen LogP contribution is 2.27. The second-order valence-corrected chi connectivity index (χ2v) is 5.63. The number of aliphatic hydroxyl groups is 1. The van der Waals surface area contributed by atoms with E-state index in [1.807, 2.05) is 36.4 Å². The molecule has 0 aliphatic rings. The van der Waals surface area contributed by atoms with Crippen LogP contribution in [0.25, 0.3) is 0 Å². The number of aliphatic hydroxyl groups excluding tert-OH is 1. The van der Waals surface area contributed by atoms with Crippen LogP contribution >= 0.6 is 0 Å². The fourth-order valence-corrected chi connectivity index (χ4v) is 2.67. The number of nitrogens with zero attached hydrogens (tertiary/aromatic N) is 2. The van der Waals surface area contributed by atoms with Gasteiger partial charge in [-0.15, -0.1) is 6.58 Å². The molecule has 0 spiro atoms. The van der Waals surface area contributed by atoms with Crippen LogP contribution in [-0.4, -0.2) is 41.9 Å². The van der Waals surface area contributed by atoms with E-state index in [-0.39, 0.29) is 24.7 Å². The van der Waals surface area contributed by atoms with E-state index in [9.17, 15) is 5.11 Å². The van der Waals surface area contributed by atoms with Crippen molar-refractivity contribution in [1.29, 1.82) is 0 Å². The average Bonchev–Trinajstić information content (AvgIpc) is 2.67. The molecule has 2 N–H and O–H groups in total. The number of rotatable bonds is 10. The van der Waals surface area contributed by atoms with E-state index in [1.54, 1.807) is 13.3 Å². The predicted molar refractivity (Wildman–Crippen MR) is 96.8 cm³/mol. The summed E-state index contributed by atoms with van der Waals surface area (Å²) in [4.78, 5) is 8.41. The molecule has 134 valence electrons. The molecule has 0 aliphatic heterocycles. The van der Waals surface area contributed by atoms with E-state index < -0.39 is 0 Å². The summed E-state index contributed by atoms with van der Waals surface area (Å²) in [6.45, 7) is 3.84. The van der Waals surface area contributed by atoms with Gasteiger partial charge in [-0.1, -0.05) is 36.4 Å². The van der Waals surface area contributed by atoms with Crippen molar-refractivity contribution in [2.75, 3.05) is 20.8 Å². The number of hydrogen-bond acceptors (Lipinski definition) is 6. The smallest absolute Gasteiger partial charge is 0.319 e. The summed E-state index contributed by atoms with van der Waals surface area (Å²) in [5, 5.41) is 13.2. The maximum atomic E-state index is 9.79. The third-order valence-corrected chi connectivity index (χ3v) is 3.89. The Bertz CT molecular complexity index is 664. The van der Waals surface area contributed by atoms with Crippen LogP contribution in [0.2, 0.25) is 0 Å². The monoisotopic (exact) mass is 343 g/mol. The summed E-state index contributed by atoms with van der Waals surface area (Å²) >= 11 is 0. The van der Waals surface area contributed by atoms with Crippen molar-refractivity contribution in [3.8, 4) is 11.9 Å². The van der Waals surface area contributed by atoms with Crippen LogP contribution in [0.4, 0.5) is 0 Å². The lowest BCUT2D eigenvalue weighted by atomic mass is 10.0. The van der Waals surface area contributed by atoms with Crippen molar-refractivity contribution >= 4 is 0 Å². The molecule has 2 aromatic rings. The first-order valence-corrected chi connectivity index (χ1v) is 8.18. The molecule has 1 heterocycles. The molecule has 2 atom stereocenters. The molecule has 0 aliphatic carbocycles. The molecule has 25 heavy (non-hydrogen) atoms. The second kappa shape index (κ2) is 9.76. The molecule has 0 amide bonds. The van der Waals surface area contributed by atoms with Crippen LogP contribution < -0.4 is 14.8 Å². The zero-order chi connectivity index (χ0) is 18.1. The van der Waals surface area contributed by atoms with Crippen molar-refractivity contribution in [3.05, 3.63) is 60.3 Å². The van der Waals surface area contributed by atoms with Crippen LogP contribution in [0, 0.1) is 0 Å². The van der Waals surface area contributed by atoms with Gasteiger partial charge in [-0.3, -0.25) is 0 Å². The molecule has 1 aromatic heterocycles. The number of nitrogens with one attached hydrogen (secondary N) is 1. The van der Waals surface area contributed by atoms with Gasteiger partial charge in [0.1, 0.15) is 0 Å². The number of methoxy groups -OCH3 is 2. The molecular formula is C19H25N3O3. The predicted octanol–water partition coefficient (Wildman–Crippen LogP) is 2.30. The Kier molecular flexibility index (Phi) is 7.37. The highest BCUT2D eigenvalue weighted by molar-refractivity contribution is 5.29. The summed E-state index contributed by atoms with van der Waals surface area (Å²) in [5.41, 5.74) is 1.96. The van der Waals surface area contributed by atoms with E-state index in [0.717, 1.165) is 11.1 Å². The molecule has 1 unspecified atom stereocenters. The van der Waals surface area contributed by atoms with Gasteiger partial charge in [-0.25, -0.2) is 4.98 Å². The number of aromatic nitrogens is 2. The van der Waals surface area contributed by atoms with E-state index in [4.69, 9.17) is 9.47 Å². The van der Waals surface area contributed by atoms with Crippen LogP contribution in [0.15, 0.2) is 49.2 Å². The molecule has 6 nitrogen and oxygen atoms in total. The van der Waals surface area contributed by atoms with Crippen LogP contribution in [0.3, 0.4) is 0 Å². The first-order chi connectivity index (χ1) is 12.2. The van der Waals surface area contributed by atoms with E-state index in [2.05, 4.69) is 21.9 Å². The van der Waals surface area contributed by atoms with Crippen molar-refractivity contribution in [3.63, 3.8) is 0 Å². The Morgan fingerprint density at radius 1 is 1.24 bits per heavy atom. The van der Waals surface area contributed by atoms with Crippen molar-refractivity contribution < 1.29 is 14.6 Å². The van der Waals surface area contributed by atoms with Crippen LogP contribution in [-0.2, 0) is 6.42 Å². The maximum Gasteiger partial charge on any atom is 0.319 e. The molecule has 0 radical (unpaired) electrons. The van der Waals surface area contributed by atoms with Crippen molar-refractivity contribution in [2.24, 2.45) is 0 Å². The summed E-state index contributed by atoms with van der Waals surface area (Å²) in [5.74, 6) is 0.447. The lowest BCUT2D eigenvalue weighted by Crippen LogP contribution is -2.37. The van der Waals surface area contributed by atoms with Gasteiger partial charge in [0.05, 0.1) is 26.4 Å². The largest absolute Gasteiger partial charge is 0.481 e. The molecule has 0 saturated carbocycles. The molecule has 0 bridgehead atoms. The Morgan fingerprint density at radius 2 is 2.00 bits per heavy atom. The quantitative estimate of drug-likeness (QED) is 0.645. The van der Waals surface area contributed by atoms with Crippen molar-refractivity contribution in [1.82, 2.24) is 15.3 Å². The fraction of sp³-hybridized carbons (Fsp3) is 0.368. The SMILES string of the molecule is C=CCC(N[C@H](CO)Cc1ccccc1)c1cnc(OC)nc1OC. The number of hydrogen-bond donors (Lipinski definition) is 2. The minimum absolute atomic E-state index is 0.0157. The zero-order valence-electron chi connectivity index (χ0n) is 14.7. The normalized spacial score (nSPS) is 13.1. The highest BCUT2D eigenvalue weighted by atomic mass is 16.5. The fourth-order valence-electron chi connectivity index (χ4n) is 2.67. The summed E-state index contributed by atoms with van der Waals surface area (Å²) in [7, 11) is 3.07. The van der Waals surface area contributed by atoms with Gasteiger partial charge >= 0.3 is 6.01 Å². The molecule has 2 rings (SSSR count). The van der Waals surface area contributed by atoms with Crippen LogP contribution in [0.1, 0.15) is 23.6 Å². The molecule has 0 fully saturated rings. The molecular weight excluding hydrogens is 318 g/mol. The van der Waals surface area contributed by atoms with E-state index >= 15 is 0 Å². The first kappa shape index (κ1) is 18.9. The lowest BCUT2D eigenvalue weighted by Gasteiger charge is -2.25. The van der Waals surface area contributed by atoms with E-state index in [1.165, 1.54) is 7.11 Å². The Balaban J connectivity index is 2.20. The Labute approximate surface area is 148 Å². The van der Waals surface area contributed by atoms with Crippen LogP contribution in [0.5, 0.6) is 11.9 Å². The zero-order valence-corrected chi connectivity index (χ0v) is 14.7. The van der Waals surface area contributed by atoms with Crippen molar-refractivity contribution in [2.45, 2.75) is 24.9 Å². The first-order valence-electron chi connectivity index (χ1n) is 8.18. The van der Waals surface area contributed by atoms with E-state index in [0.29, 0.717) is 18.7 Å². The lowest BCUT2D eigenvalue weighted by molar-refractivity contribution is 0.228. The standard InChI is InChI=1S/C19H25N3O3/c1-4-8-17(16-12-20-19(25-3)22-18(16)24-2)21-15(13-23)11-14-9-6-5-7-10-14/h4-7,9-10,12,15,17,21,23H,1,8,11,13H2,2-3H3/t15-,17?/m0/s1. The molecule has 1 aromatic carbocycles.